The Morgan fingerprint density at radius 2 is 2.05 bits per heavy atom. The van der Waals surface area contributed by atoms with E-state index >= 15 is 0 Å². The molecule has 0 aliphatic heterocycles. The first kappa shape index (κ1) is 14.2. The van der Waals surface area contributed by atoms with Crippen LogP contribution in [0.5, 0.6) is 5.88 Å². The Labute approximate surface area is 122 Å². The Bertz CT molecular complexity index is 542. The highest BCUT2D eigenvalue weighted by Gasteiger charge is 2.12. The lowest BCUT2D eigenvalue weighted by molar-refractivity contribution is 0.234. The molecule has 1 unspecified atom stereocenters. The van der Waals surface area contributed by atoms with Gasteiger partial charge in [-0.3, -0.25) is 0 Å². The molecule has 0 aliphatic carbocycles. The van der Waals surface area contributed by atoms with Gasteiger partial charge in [-0.15, -0.1) is 11.3 Å². The Balaban J connectivity index is 2.14. The van der Waals surface area contributed by atoms with E-state index in [0.717, 1.165) is 10.0 Å². The molecule has 0 aromatic carbocycles. The number of anilines is 1. The van der Waals surface area contributed by atoms with Crippen LogP contribution in [0.1, 0.15) is 31.7 Å². The lowest BCUT2D eigenvalue weighted by Crippen LogP contribution is -2.11. The van der Waals surface area contributed by atoms with Crippen LogP contribution in [0, 0.1) is 0 Å². The SMILES string of the molecule is CC(C)Oc1ncccc1NC(C)c1ccc(Cl)s1. The average Bonchev–Trinajstić information content (AvgIpc) is 2.78. The van der Waals surface area contributed by atoms with Crippen LogP contribution < -0.4 is 10.1 Å². The summed E-state index contributed by atoms with van der Waals surface area (Å²) in [5, 5.41) is 3.41. The van der Waals surface area contributed by atoms with Crippen molar-refractivity contribution < 1.29 is 4.74 Å². The number of rotatable bonds is 5. The molecule has 0 amide bonds. The second-order valence-electron chi connectivity index (χ2n) is 4.53. The number of nitrogens with zero attached hydrogens (tertiary/aromatic N) is 1. The number of hydrogen-bond donors (Lipinski definition) is 1. The quantitative estimate of drug-likeness (QED) is 0.864. The smallest absolute Gasteiger partial charge is 0.237 e. The van der Waals surface area contributed by atoms with Gasteiger partial charge in [0.1, 0.15) is 0 Å². The fourth-order valence-electron chi connectivity index (χ4n) is 1.68. The van der Waals surface area contributed by atoms with Crippen molar-refractivity contribution in [3.63, 3.8) is 0 Å². The predicted octanol–water partition coefficient (Wildman–Crippen LogP) is 4.76. The minimum absolute atomic E-state index is 0.0990. The van der Waals surface area contributed by atoms with Crippen LogP contribution in [0.15, 0.2) is 30.5 Å². The van der Waals surface area contributed by atoms with E-state index in [2.05, 4.69) is 17.2 Å². The molecule has 3 nitrogen and oxygen atoms in total. The standard InChI is InChI=1S/C14H17ClN2OS/c1-9(2)18-14-11(5-4-8-16-14)17-10(3)12-6-7-13(15)19-12/h4-10,17H,1-3H3. The van der Waals surface area contributed by atoms with Gasteiger partial charge in [0.25, 0.3) is 0 Å². The Hall–Kier alpha value is -1.26. The molecule has 0 aliphatic rings. The monoisotopic (exact) mass is 296 g/mol. The van der Waals surface area contributed by atoms with Gasteiger partial charge in [0.05, 0.1) is 22.2 Å². The summed E-state index contributed by atoms with van der Waals surface area (Å²) >= 11 is 7.54. The van der Waals surface area contributed by atoms with Crippen LogP contribution in [0.4, 0.5) is 5.69 Å². The summed E-state index contributed by atoms with van der Waals surface area (Å²) in [6.45, 7) is 6.07. The van der Waals surface area contributed by atoms with E-state index < -0.39 is 0 Å². The van der Waals surface area contributed by atoms with Gasteiger partial charge >= 0.3 is 0 Å². The number of ether oxygens (including phenoxy) is 1. The molecule has 0 spiro atoms. The number of nitrogens with one attached hydrogen (secondary N) is 1. The van der Waals surface area contributed by atoms with Gasteiger partial charge in [0.2, 0.25) is 5.88 Å². The van der Waals surface area contributed by atoms with Crippen LogP contribution in [0.3, 0.4) is 0 Å². The summed E-state index contributed by atoms with van der Waals surface area (Å²) in [6, 6.07) is 7.97. The maximum absolute atomic E-state index is 5.96. The van der Waals surface area contributed by atoms with Gasteiger partial charge in [-0.1, -0.05) is 11.6 Å². The number of hydrogen-bond acceptors (Lipinski definition) is 4. The van der Waals surface area contributed by atoms with Crippen molar-refractivity contribution >= 4 is 28.6 Å². The highest BCUT2D eigenvalue weighted by Crippen LogP contribution is 2.31. The molecule has 0 radical (unpaired) electrons. The minimum atomic E-state index is 0.0990. The summed E-state index contributed by atoms with van der Waals surface area (Å²) in [5.74, 6) is 0.631. The maximum atomic E-state index is 5.96. The summed E-state index contributed by atoms with van der Waals surface area (Å²) in [4.78, 5) is 5.45. The van der Waals surface area contributed by atoms with Crippen molar-refractivity contribution in [3.8, 4) is 5.88 Å². The highest BCUT2D eigenvalue weighted by molar-refractivity contribution is 7.16. The predicted molar refractivity (Wildman–Crippen MR) is 81.4 cm³/mol. The first-order valence-electron chi connectivity index (χ1n) is 6.19. The van der Waals surface area contributed by atoms with Crippen molar-refractivity contribution in [1.82, 2.24) is 4.98 Å². The van der Waals surface area contributed by atoms with E-state index in [9.17, 15) is 0 Å². The van der Waals surface area contributed by atoms with Gasteiger partial charge in [0, 0.05) is 11.1 Å². The highest BCUT2D eigenvalue weighted by atomic mass is 35.5. The van der Waals surface area contributed by atoms with Gasteiger partial charge in [0.15, 0.2) is 0 Å². The average molecular weight is 297 g/mol. The molecule has 2 rings (SSSR count). The van der Waals surface area contributed by atoms with Crippen molar-refractivity contribution in [1.29, 1.82) is 0 Å². The van der Waals surface area contributed by atoms with E-state index in [1.807, 2.05) is 38.1 Å². The van der Waals surface area contributed by atoms with E-state index in [1.165, 1.54) is 4.88 Å². The molecule has 5 heteroatoms. The Morgan fingerprint density at radius 1 is 1.26 bits per heavy atom. The van der Waals surface area contributed by atoms with Crippen LogP contribution in [-0.4, -0.2) is 11.1 Å². The number of thiophene rings is 1. The van der Waals surface area contributed by atoms with Crippen molar-refractivity contribution in [2.75, 3.05) is 5.32 Å². The molecule has 2 aromatic heterocycles. The molecule has 2 aromatic rings. The topological polar surface area (TPSA) is 34.1 Å². The molecule has 2 heterocycles. The number of pyridine rings is 1. The van der Waals surface area contributed by atoms with Crippen molar-refractivity contribution in [2.45, 2.75) is 32.9 Å². The van der Waals surface area contributed by atoms with Crippen LogP contribution >= 0.6 is 22.9 Å². The Kier molecular flexibility index (Phi) is 4.66. The van der Waals surface area contributed by atoms with Crippen LogP contribution in [0.2, 0.25) is 4.34 Å². The van der Waals surface area contributed by atoms with Crippen LogP contribution in [0.25, 0.3) is 0 Å². The molecule has 1 N–H and O–H groups in total. The molecule has 0 bridgehead atoms. The molecular weight excluding hydrogens is 280 g/mol. The second kappa shape index (κ2) is 6.26. The van der Waals surface area contributed by atoms with E-state index in [-0.39, 0.29) is 12.1 Å². The van der Waals surface area contributed by atoms with Gasteiger partial charge in [-0.05, 0) is 45.0 Å². The lowest BCUT2D eigenvalue weighted by atomic mass is 10.2. The van der Waals surface area contributed by atoms with Crippen molar-refractivity contribution in [3.05, 3.63) is 39.7 Å². The number of aromatic nitrogens is 1. The summed E-state index contributed by atoms with van der Waals surface area (Å²) in [6.07, 6.45) is 1.83. The summed E-state index contributed by atoms with van der Waals surface area (Å²) in [5.41, 5.74) is 0.897. The number of halogens is 1. The molecule has 0 fully saturated rings. The molecule has 102 valence electrons. The van der Waals surface area contributed by atoms with Gasteiger partial charge in [-0.2, -0.15) is 0 Å². The Morgan fingerprint density at radius 3 is 2.68 bits per heavy atom. The first-order valence-corrected chi connectivity index (χ1v) is 7.39. The maximum Gasteiger partial charge on any atom is 0.237 e. The zero-order chi connectivity index (χ0) is 13.8. The second-order valence-corrected chi connectivity index (χ2v) is 6.28. The zero-order valence-electron chi connectivity index (χ0n) is 11.2. The summed E-state index contributed by atoms with van der Waals surface area (Å²) in [7, 11) is 0. The molecular formula is C14H17ClN2OS. The third-order valence-corrected chi connectivity index (χ3v) is 3.93. The normalized spacial score (nSPS) is 12.5. The van der Waals surface area contributed by atoms with Gasteiger partial charge < -0.3 is 10.1 Å². The molecule has 0 saturated heterocycles. The van der Waals surface area contributed by atoms with Gasteiger partial charge in [-0.25, -0.2) is 4.98 Å². The first-order chi connectivity index (χ1) is 9.06. The van der Waals surface area contributed by atoms with E-state index in [4.69, 9.17) is 16.3 Å². The third-order valence-electron chi connectivity index (χ3n) is 2.51. The van der Waals surface area contributed by atoms with E-state index in [1.54, 1.807) is 17.5 Å². The van der Waals surface area contributed by atoms with E-state index in [0.29, 0.717) is 5.88 Å². The summed E-state index contributed by atoms with van der Waals surface area (Å²) < 4.78 is 6.49. The largest absolute Gasteiger partial charge is 0.473 e. The molecule has 0 saturated carbocycles. The zero-order valence-corrected chi connectivity index (χ0v) is 12.8. The van der Waals surface area contributed by atoms with Crippen molar-refractivity contribution in [2.24, 2.45) is 0 Å². The molecule has 1 atom stereocenters. The third kappa shape index (κ3) is 3.85. The van der Waals surface area contributed by atoms with Crippen LogP contribution in [-0.2, 0) is 0 Å². The fraction of sp³-hybridized carbons (Fsp3) is 0.357. The molecule has 19 heavy (non-hydrogen) atoms. The lowest BCUT2D eigenvalue weighted by Gasteiger charge is -2.17. The fourth-order valence-corrected chi connectivity index (χ4v) is 2.75. The minimum Gasteiger partial charge on any atom is -0.473 e.